The Morgan fingerprint density at radius 3 is 2.73 bits per heavy atom. The van der Waals surface area contributed by atoms with Gasteiger partial charge < -0.3 is 5.11 Å². The summed E-state index contributed by atoms with van der Waals surface area (Å²) >= 11 is 5.80. The van der Waals surface area contributed by atoms with Gasteiger partial charge in [0.2, 0.25) is 0 Å². The highest BCUT2D eigenvalue weighted by Gasteiger charge is 2.27. The maximum atomic E-state index is 11.7. The van der Waals surface area contributed by atoms with Crippen molar-refractivity contribution in [2.24, 2.45) is 0 Å². The molecule has 0 amide bonds. The molecule has 0 saturated carbocycles. The predicted molar refractivity (Wildman–Crippen MR) is 61.1 cm³/mol. The summed E-state index contributed by atoms with van der Waals surface area (Å²) in [6.45, 7) is 3.33. The second-order valence-corrected chi connectivity index (χ2v) is 4.29. The third-order valence-electron chi connectivity index (χ3n) is 2.54. The molecule has 1 aromatic carbocycles. The van der Waals surface area contributed by atoms with Crippen molar-refractivity contribution in [3.05, 3.63) is 34.9 Å². The second-order valence-electron chi connectivity index (χ2n) is 3.86. The summed E-state index contributed by atoms with van der Waals surface area (Å²) in [7, 11) is 0. The fourth-order valence-electron chi connectivity index (χ4n) is 1.22. The number of aliphatic hydroxyl groups is 1. The van der Waals surface area contributed by atoms with Gasteiger partial charge in [0.1, 0.15) is 5.60 Å². The van der Waals surface area contributed by atoms with Crippen molar-refractivity contribution < 1.29 is 9.90 Å². The molecule has 82 valence electrons. The van der Waals surface area contributed by atoms with Gasteiger partial charge in [-0.1, -0.05) is 30.7 Å². The number of Topliss-reactive ketones (excluding diaryl/α,β-unsaturated/α-hetero) is 1. The van der Waals surface area contributed by atoms with E-state index in [9.17, 15) is 9.90 Å². The average molecular weight is 227 g/mol. The van der Waals surface area contributed by atoms with Gasteiger partial charge >= 0.3 is 0 Å². The number of benzene rings is 1. The lowest BCUT2D eigenvalue weighted by atomic mass is 9.93. The van der Waals surface area contributed by atoms with Crippen LogP contribution in [0.4, 0.5) is 0 Å². The standard InChI is InChI=1S/C12H15ClO2/c1-3-12(2,15)11(14)8-9-5-4-6-10(13)7-9/h4-7,15H,3,8H2,1-2H3. The lowest BCUT2D eigenvalue weighted by Gasteiger charge is -2.19. The van der Waals surface area contributed by atoms with Crippen LogP contribution in [-0.4, -0.2) is 16.5 Å². The molecule has 0 heterocycles. The maximum absolute atomic E-state index is 11.7. The summed E-state index contributed by atoms with van der Waals surface area (Å²) in [6, 6.07) is 7.12. The molecular weight excluding hydrogens is 212 g/mol. The molecular formula is C12H15ClO2. The first kappa shape index (κ1) is 12.2. The van der Waals surface area contributed by atoms with E-state index in [1.165, 1.54) is 0 Å². The van der Waals surface area contributed by atoms with Gasteiger partial charge in [-0.15, -0.1) is 0 Å². The van der Waals surface area contributed by atoms with E-state index in [-0.39, 0.29) is 12.2 Å². The van der Waals surface area contributed by atoms with E-state index >= 15 is 0 Å². The average Bonchev–Trinajstić information content (AvgIpc) is 2.17. The molecule has 1 rings (SSSR count). The highest BCUT2D eigenvalue weighted by atomic mass is 35.5. The molecule has 0 bridgehead atoms. The van der Waals surface area contributed by atoms with Crippen LogP contribution >= 0.6 is 11.6 Å². The zero-order chi connectivity index (χ0) is 11.5. The van der Waals surface area contributed by atoms with Gasteiger partial charge in [-0.05, 0) is 31.0 Å². The zero-order valence-corrected chi connectivity index (χ0v) is 9.71. The Kier molecular flexibility index (Phi) is 3.89. The Labute approximate surface area is 94.9 Å². The first-order chi connectivity index (χ1) is 6.95. The summed E-state index contributed by atoms with van der Waals surface area (Å²) in [6.07, 6.45) is 0.647. The van der Waals surface area contributed by atoms with E-state index in [2.05, 4.69) is 0 Å². The smallest absolute Gasteiger partial charge is 0.168 e. The largest absolute Gasteiger partial charge is 0.382 e. The lowest BCUT2D eigenvalue weighted by Crippen LogP contribution is -2.35. The van der Waals surface area contributed by atoms with E-state index in [1.807, 2.05) is 6.07 Å². The normalized spacial score (nSPS) is 14.7. The fourth-order valence-corrected chi connectivity index (χ4v) is 1.43. The number of carbonyl (C=O) groups excluding carboxylic acids is 1. The molecule has 0 fully saturated rings. The van der Waals surface area contributed by atoms with Crippen LogP contribution in [-0.2, 0) is 11.2 Å². The molecule has 0 spiro atoms. The molecule has 3 heteroatoms. The summed E-state index contributed by atoms with van der Waals surface area (Å²) in [5, 5.41) is 10.3. The number of halogens is 1. The van der Waals surface area contributed by atoms with Gasteiger partial charge in [0.05, 0.1) is 0 Å². The Hall–Kier alpha value is -0.860. The number of carbonyl (C=O) groups is 1. The van der Waals surface area contributed by atoms with E-state index in [0.29, 0.717) is 11.4 Å². The number of ketones is 1. The van der Waals surface area contributed by atoms with Crippen molar-refractivity contribution in [3.8, 4) is 0 Å². The predicted octanol–water partition coefficient (Wildman–Crippen LogP) is 2.61. The SMILES string of the molecule is CCC(C)(O)C(=O)Cc1cccc(Cl)c1. The summed E-state index contributed by atoms with van der Waals surface area (Å²) < 4.78 is 0. The van der Waals surface area contributed by atoms with Crippen LogP contribution in [0.15, 0.2) is 24.3 Å². The molecule has 1 atom stereocenters. The van der Waals surface area contributed by atoms with Crippen molar-refractivity contribution >= 4 is 17.4 Å². The van der Waals surface area contributed by atoms with Crippen molar-refractivity contribution in [3.63, 3.8) is 0 Å². The zero-order valence-electron chi connectivity index (χ0n) is 8.96. The molecule has 0 aliphatic rings. The lowest BCUT2D eigenvalue weighted by molar-refractivity contribution is -0.135. The van der Waals surface area contributed by atoms with Crippen molar-refractivity contribution in [2.75, 3.05) is 0 Å². The summed E-state index contributed by atoms with van der Waals surface area (Å²) in [5.41, 5.74) is -0.399. The first-order valence-corrected chi connectivity index (χ1v) is 5.33. The fraction of sp³-hybridized carbons (Fsp3) is 0.417. The minimum atomic E-state index is -1.23. The van der Waals surface area contributed by atoms with Crippen LogP contribution in [0.25, 0.3) is 0 Å². The van der Waals surface area contributed by atoms with Gasteiger partial charge in [0, 0.05) is 11.4 Å². The maximum Gasteiger partial charge on any atom is 0.168 e. The van der Waals surface area contributed by atoms with Gasteiger partial charge in [-0.3, -0.25) is 4.79 Å². The number of hydrogen-bond donors (Lipinski definition) is 1. The van der Waals surface area contributed by atoms with Gasteiger partial charge in [-0.25, -0.2) is 0 Å². The molecule has 0 aliphatic carbocycles. The van der Waals surface area contributed by atoms with Gasteiger partial charge in [0.25, 0.3) is 0 Å². The Morgan fingerprint density at radius 1 is 1.53 bits per heavy atom. The molecule has 15 heavy (non-hydrogen) atoms. The summed E-state index contributed by atoms with van der Waals surface area (Å²) in [5.74, 6) is -0.174. The summed E-state index contributed by atoms with van der Waals surface area (Å²) in [4.78, 5) is 11.7. The minimum Gasteiger partial charge on any atom is -0.382 e. The van der Waals surface area contributed by atoms with Crippen LogP contribution in [0, 0.1) is 0 Å². The Morgan fingerprint density at radius 2 is 2.20 bits per heavy atom. The first-order valence-electron chi connectivity index (χ1n) is 4.96. The highest BCUT2D eigenvalue weighted by Crippen LogP contribution is 2.16. The highest BCUT2D eigenvalue weighted by molar-refractivity contribution is 6.30. The van der Waals surface area contributed by atoms with E-state index < -0.39 is 5.60 Å². The second kappa shape index (κ2) is 4.77. The molecule has 0 radical (unpaired) electrons. The van der Waals surface area contributed by atoms with Crippen molar-refractivity contribution in [1.82, 2.24) is 0 Å². The van der Waals surface area contributed by atoms with Crippen molar-refractivity contribution in [1.29, 1.82) is 0 Å². The van der Waals surface area contributed by atoms with Crippen molar-refractivity contribution in [2.45, 2.75) is 32.3 Å². The molecule has 0 aliphatic heterocycles. The Bertz CT molecular complexity index is 358. The quantitative estimate of drug-likeness (QED) is 0.857. The Balaban J connectivity index is 2.75. The molecule has 1 N–H and O–H groups in total. The van der Waals surface area contributed by atoms with E-state index in [1.54, 1.807) is 32.0 Å². The third kappa shape index (κ3) is 3.33. The number of hydrogen-bond acceptors (Lipinski definition) is 2. The van der Waals surface area contributed by atoms with Crippen LogP contribution in [0.3, 0.4) is 0 Å². The molecule has 2 nitrogen and oxygen atoms in total. The molecule has 1 unspecified atom stereocenters. The van der Waals surface area contributed by atoms with Crippen LogP contribution in [0.1, 0.15) is 25.8 Å². The minimum absolute atomic E-state index is 0.174. The van der Waals surface area contributed by atoms with E-state index in [4.69, 9.17) is 11.6 Å². The molecule has 0 saturated heterocycles. The van der Waals surface area contributed by atoms with Gasteiger partial charge in [0.15, 0.2) is 5.78 Å². The monoisotopic (exact) mass is 226 g/mol. The van der Waals surface area contributed by atoms with Crippen LogP contribution in [0.2, 0.25) is 5.02 Å². The van der Waals surface area contributed by atoms with Crippen LogP contribution < -0.4 is 0 Å². The molecule has 0 aromatic heterocycles. The number of rotatable bonds is 4. The molecule has 1 aromatic rings. The van der Waals surface area contributed by atoms with E-state index in [0.717, 1.165) is 5.56 Å². The third-order valence-corrected chi connectivity index (χ3v) is 2.78. The van der Waals surface area contributed by atoms with Gasteiger partial charge in [-0.2, -0.15) is 0 Å². The van der Waals surface area contributed by atoms with Crippen LogP contribution in [0.5, 0.6) is 0 Å². The topological polar surface area (TPSA) is 37.3 Å².